The molecule has 2 aromatic rings. The van der Waals surface area contributed by atoms with Gasteiger partial charge in [0, 0.05) is 19.2 Å². The molecule has 0 saturated carbocycles. The summed E-state index contributed by atoms with van der Waals surface area (Å²) in [5, 5.41) is 0.759. The second-order valence-corrected chi connectivity index (χ2v) is 5.05. The van der Waals surface area contributed by atoms with E-state index in [1.165, 1.54) is 11.1 Å². The Morgan fingerprint density at radius 1 is 1.26 bits per heavy atom. The minimum atomic E-state index is 0.617. The van der Waals surface area contributed by atoms with Crippen LogP contribution in [0, 0.1) is 6.92 Å². The van der Waals surface area contributed by atoms with Crippen LogP contribution in [0.1, 0.15) is 16.9 Å². The molecular formula is C15H19ClN2O. The number of rotatable bonds is 5. The molecule has 0 aliphatic heterocycles. The summed E-state index contributed by atoms with van der Waals surface area (Å²) in [6, 6.07) is 7.95. The Kier molecular flexibility index (Phi) is 4.51. The Labute approximate surface area is 119 Å². The molecule has 0 saturated heterocycles. The number of nitrogens with zero attached hydrogens (tertiary/aromatic N) is 1. The number of aryl methyl sites for hydroxylation is 1. The van der Waals surface area contributed by atoms with Crippen molar-refractivity contribution in [1.29, 1.82) is 0 Å². The molecule has 0 aliphatic rings. The highest BCUT2D eigenvalue weighted by Gasteiger charge is 2.13. The monoisotopic (exact) mass is 278 g/mol. The molecule has 1 heterocycles. The van der Waals surface area contributed by atoms with Gasteiger partial charge in [-0.1, -0.05) is 23.7 Å². The lowest BCUT2D eigenvalue weighted by molar-refractivity contribution is 0.529. The van der Waals surface area contributed by atoms with Crippen molar-refractivity contribution in [3.63, 3.8) is 0 Å². The van der Waals surface area contributed by atoms with E-state index in [0.29, 0.717) is 6.54 Å². The van der Waals surface area contributed by atoms with E-state index in [1.54, 1.807) is 6.26 Å². The molecule has 19 heavy (non-hydrogen) atoms. The van der Waals surface area contributed by atoms with Crippen molar-refractivity contribution >= 4 is 17.3 Å². The number of para-hydroxylation sites is 1. The summed E-state index contributed by atoms with van der Waals surface area (Å²) in [6.07, 6.45) is 2.54. The van der Waals surface area contributed by atoms with Crippen LogP contribution in [0.2, 0.25) is 5.02 Å². The predicted octanol–water partition coefficient (Wildman–Crippen LogP) is 3.38. The number of anilines is 1. The zero-order chi connectivity index (χ0) is 13.8. The van der Waals surface area contributed by atoms with E-state index in [-0.39, 0.29) is 0 Å². The zero-order valence-corrected chi connectivity index (χ0v) is 12.1. The largest absolute Gasteiger partial charge is 0.469 e. The van der Waals surface area contributed by atoms with Crippen molar-refractivity contribution in [2.45, 2.75) is 19.9 Å². The minimum absolute atomic E-state index is 0.617. The highest BCUT2D eigenvalue weighted by atomic mass is 35.5. The number of hydrogen-bond acceptors (Lipinski definition) is 3. The standard InChI is InChI=1S/C15H19ClN2O/c1-11-13(7-9-19-11)10-18(2)15-12(6-8-17)4-3-5-14(15)16/h3-5,7,9H,6,8,10,17H2,1-2H3. The van der Waals surface area contributed by atoms with E-state index < -0.39 is 0 Å². The maximum atomic E-state index is 6.33. The van der Waals surface area contributed by atoms with Crippen molar-refractivity contribution < 1.29 is 4.42 Å². The van der Waals surface area contributed by atoms with Gasteiger partial charge in [0.25, 0.3) is 0 Å². The average Bonchev–Trinajstić information content (AvgIpc) is 2.75. The van der Waals surface area contributed by atoms with Gasteiger partial charge in [0.2, 0.25) is 0 Å². The molecule has 1 aromatic heterocycles. The van der Waals surface area contributed by atoms with Gasteiger partial charge in [-0.25, -0.2) is 0 Å². The Morgan fingerprint density at radius 2 is 2.05 bits per heavy atom. The third-order valence-electron chi connectivity index (χ3n) is 3.24. The zero-order valence-electron chi connectivity index (χ0n) is 11.3. The molecule has 0 fully saturated rings. The van der Waals surface area contributed by atoms with Gasteiger partial charge in [-0.15, -0.1) is 0 Å². The molecule has 0 aliphatic carbocycles. The van der Waals surface area contributed by atoms with E-state index in [2.05, 4.69) is 11.0 Å². The first-order valence-electron chi connectivity index (χ1n) is 6.35. The van der Waals surface area contributed by atoms with E-state index in [1.807, 2.05) is 32.2 Å². The van der Waals surface area contributed by atoms with Crippen LogP contribution in [0.25, 0.3) is 0 Å². The van der Waals surface area contributed by atoms with Crippen LogP contribution in [0.5, 0.6) is 0 Å². The van der Waals surface area contributed by atoms with Crippen LogP contribution in [-0.4, -0.2) is 13.6 Å². The first-order valence-corrected chi connectivity index (χ1v) is 6.73. The first kappa shape index (κ1) is 14.0. The summed E-state index contributed by atoms with van der Waals surface area (Å²) in [7, 11) is 2.04. The summed E-state index contributed by atoms with van der Waals surface area (Å²) in [5.41, 5.74) is 9.06. The van der Waals surface area contributed by atoms with Crippen molar-refractivity contribution in [2.24, 2.45) is 5.73 Å². The fraction of sp³-hybridized carbons (Fsp3) is 0.333. The maximum absolute atomic E-state index is 6.33. The minimum Gasteiger partial charge on any atom is -0.469 e. The number of benzene rings is 1. The predicted molar refractivity (Wildman–Crippen MR) is 79.8 cm³/mol. The van der Waals surface area contributed by atoms with Gasteiger partial charge in [0.15, 0.2) is 0 Å². The van der Waals surface area contributed by atoms with Crippen molar-refractivity contribution in [1.82, 2.24) is 0 Å². The van der Waals surface area contributed by atoms with E-state index in [9.17, 15) is 0 Å². The Balaban J connectivity index is 2.27. The topological polar surface area (TPSA) is 42.4 Å². The van der Waals surface area contributed by atoms with Crippen LogP contribution in [0.15, 0.2) is 34.9 Å². The molecule has 2 rings (SSSR count). The van der Waals surface area contributed by atoms with Crippen LogP contribution in [0.4, 0.5) is 5.69 Å². The van der Waals surface area contributed by atoms with E-state index in [0.717, 1.165) is 29.4 Å². The van der Waals surface area contributed by atoms with Gasteiger partial charge in [-0.3, -0.25) is 0 Å². The molecule has 2 N–H and O–H groups in total. The van der Waals surface area contributed by atoms with Crippen LogP contribution in [-0.2, 0) is 13.0 Å². The summed E-state index contributed by atoms with van der Waals surface area (Å²) < 4.78 is 5.33. The molecule has 4 heteroatoms. The maximum Gasteiger partial charge on any atom is 0.105 e. The van der Waals surface area contributed by atoms with Crippen LogP contribution >= 0.6 is 11.6 Å². The van der Waals surface area contributed by atoms with Gasteiger partial charge >= 0.3 is 0 Å². The van der Waals surface area contributed by atoms with Gasteiger partial charge in [-0.2, -0.15) is 0 Å². The summed E-state index contributed by atoms with van der Waals surface area (Å²) in [5.74, 6) is 0.944. The highest BCUT2D eigenvalue weighted by Crippen LogP contribution is 2.30. The Hall–Kier alpha value is -1.45. The van der Waals surface area contributed by atoms with Crippen LogP contribution in [0.3, 0.4) is 0 Å². The molecule has 0 atom stereocenters. The molecule has 0 bridgehead atoms. The summed E-state index contributed by atoms with van der Waals surface area (Å²) >= 11 is 6.33. The SMILES string of the molecule is Cc1occc1CN(C)c1c(Cl)cccc1CCN. The molecule has 0 radical (unpaired) electrons. The van der Waals surface area contributed by atoms with Crippen molar-refractivity contribution in [3.8, 4) is 0 Å². The quantitative estimate of drug-likeness (QED) is 0.912. The Bertz CT molecular complexity index is 551. The first-order chi connectivity index (χ1) is 9.13. The normalized spacial score (nSPS) is 10.7. The highest BCUT2D eigenvalue weighted by molar-refractivity contribution is 6.33. The average molecular weight is 279 g/mol. The molecule has 1 aromatic carbocycles. The van der Waals surface area contributed by atoms with Gasteiger partial charge in [-0.05, 0) is 37.6 Å². The fourth-order valence-corrected chi connectivity index (χ4v) is 2.59. The van der Waals surface area contributed by atoms with Gasteiger partial charge in [0.05, 0.1) is 17.0 Å². The molecule has 102 valence electrons. The molecule has 0 unspecified atom stereocenters. The lowest BCUT2D eigenvalue weighted by atomic mass is 10.1. The summed E-state index contributed by atoms with van der Waals surface area (Å²) in [6.45, 7) is 3.35. The molecule has 0 spiro atoms. The third-order valence-corrected chi connectivity index (χ3v) is 3.54. The smallest absolute Gasteiger partial charge is 0.105 e. The van der Waals surface area contributed by atoms with Crippen LogP contribution < -0.4 is 10.6 Å². The fourth-order valence-electron chi connectivity index (χ4n) is 2.25. The van der Waals surface area contributed by atoms with Crippen molar-refractivity contribution in [3.05, 3.63) is 52.4 Å². The van der Waals surface area contributed by atoms with Crippen molar-refractivity contribution in [2.75, 3.05) is 18.5 Å². The second kappa shape index (κ2) is 6.13. The molecule has 0 amide bonds. The number of nitrogens with two attached hydrogens (primary N) is 1. The summed E-state index contributed by atoms with van der Waals surface area (Å²) in [4.78, 5) is 2.14. The number of halogens is 1. The lowest BCUT2D eigenvalue weighted by Crippen LogP contribution is -2.19. The Morgan fingerprint density at radius 3 is 2.68 bits per heavy atom. The van der Waals surface area contributed by atoms with Gasteiger partial charge < -0.3 is 15.1 Å². The van der Waals surface area contributed by atoms with E-state index >= 15 is 0 Å². The third kappa shape index (κ3) is 3.11. The van der Waals surface area contributed by atoms with Gasteiger partial charge in [0.1, 0.15) is 5.76 Å². The number of furan rings is 1. The lowest BCUT2D eigenvalue weighted by Gasteiger charge is -2.23. The second-order valence-electron chi connectivity index (χ2n) is 4.64. The van der Waals surface area contributed by atoms with E-state index in [4.69, 9.17) is 21.8 Å². The molecule has 3 nitrogen and oxygen atoms in total. The molecular weight excluding hydrogens is 260 g/mol. The number of hydrogen-bond donors (Lipinski definition) is 1.